The lowest BCUT2D eigenvalue weighted by Gasteiger charge is -2.12. The summed E-state index contributed by atoms with van der Waals surface area (Å²) in [6.07, 6.45) is 0. The van der Waals surface area contributed by atoms with E-state index in [-0.39, 0.29) is 40.4 Å². The highest BCUT2D eigenvalue weighted by Crippen LogP contribution is 2.32. The van der Waals surface area contributed by atoms with Gasteiger partial charge in [0.15, 0.2) is 11.6 Å². The van der Waals surface area contributed by atoms with Crippen LogP contribution in [0.2, 0.25) is 0 Å². The van der Waals surface area contributed by atoms with E-state index >= 15 is 0 Å². The van der Waals surface area contributed by atoms with Crippen molar-refractivity contribution in [3.63, 3.8) is 0 Å². The minimum Gasteiger partial charge on any atom is -0.486 e. The monoisotopic (exact) mass is 558 g/mol. The lowest BCUT2D eigenvalue weighted by Crippen LogP contribution is -2.07. The molecule has 0 aliphatic rings. The van der Waals surface area contributed by atoms with Crippen molar-refractivity contribution in [2.24, 2.45) is 0 Å². The van der Waals surface area contributed by atoms with Crippen molar-refractivity contribution in [2.75, 3.05) is 0 Å². The standard InChI is InChI=1S/C33H25F3O5/c1-19(2)32(37)40-25-11-7-21(8-12-25)23-5-6-24(28(34)17-23)18-39-29-16-15-27(30(35)31(29)36)22-9-13-26(14-10-22)41-33(38)20(3)4/h5-17H,1,3,18H2,2,4H3. The molecule has 4 rings (SSSR count). The van der Waals surface area contributed by atoms with Gasteiger partial charge in [-0.15, -0.1) is 0 Å². The van der Waals surface area contributed by atoms with E-state index in [4.69, 9.17) is 14.2 Å². The van der Waals surface area contributed by atoms with E-state index < -0.39 is 29.4 Å². The number of halogens is 3. The SMILES string of the molecule is C=C(C)C(=O)Oc1ccc(-c2ccc(COc3ccc(-c4ccc(OC(=O)C(=C)C)cc4)c(F)c3F)c(F)c2)cc1. The maximum atomic E-state index is 14.9. The fourth-order valence-electron chi connectivity index (χ4n) is 3.67. The van der Waals surface area contributed by atoms with E-state index in [1.165, 1.54) is 55.5 Å². The Hall–Kier alpha value is -5.11. The van der Waals surface area contributed by atoms with Crippen molar-refractivity contribution in [3.8, 4) is 39.5 Å². The van der Waals surface area contributed by atoms with Gasteiger partial charge in [-0.25, -0.2) is 18.4 Å². The summed E-state index contributed by atoms with van der Waals surface area (Å²) in [5.74, 6) is -3.90. The van der Waals surface area contributed by atoms with E-state index in [1.807, 2.05) is 0 Å². The highest BCUT2D eigenvalue weighted by Gasteiger charge is 2.17. The van der Waals surface area contributed by atoms with Gasteiger partial charge in [0.05, 0.1) is 0 Å². The van der Waals surface area contributed by atoms with Crippen LogP contribution in [0, 0.1) is 17.5 Å². The van der Waals surface area contributed by atoms with Gasteiger partial charge >= 0.3 is 11.9 Å². The van der Waals surface area contributed by atoms with Gasteiger partial charge in [-0.1, -0.05) is 49.6 Å². The van der Waals surface area contributed by atoms with Crippen molar-refractivity contribution in [2.45, 2.75) is 20.5 Å². The molecule has 208 valence electrons. The molecule has 0 N–H and O–H groups in total. The first kappa shape index (κ1) is 28.9. The highest BCUT2D eigenvalue weighted by molar-refractivity contribution is 5.89. The topological polar surface area (TPSA) is 61.8 Å². The normalized spacial score (nSPS) is 10.6. The van der Waals surface area contributed by atoms with Crippen molar-refractivity contribution in [1.82, 2.24) is 0 Å². The van der Waals surface area contributed by atoms with E-state index in [2.05, 4.69) is 13.2 Å². The van der Waals surface area contributed by atoms with Crippen LogP contribution in [-0.2, 0) is 16.2 Å². The van der Waals surface area contributed by atoms with Gasteiger partial charge in [-0.3, -0.25) is 0 Å². The smallest absolute Gasteiger partial charge is 0.338 e. The number of carbonyl (C=O) groups excluding carboxylic acids is 2. The molecule has 8 heteroatoms. The van der Waals surface area contributed by atoms with Crippen LogP contribution in [0.4, 0.5) is 13.2 Å². The second-order valence-electron chi connectivity index (χ2n) is 9.22. The van der Waals surface area contributed by atoms with E-state index in [0.717, 1.165) is 0 Å². The first-order valence-electron chi connectivity index (χ1n) is 12.4. The zero-order valence-electron chi connectivity index (χ0n) is 22.3. The van der Waals surface area contributed by atoms with Crippen LogP contribution in [0.3, 0.4) is 0 Å². The zero-order chi connectivity index (χ0) is 29.7. The third kappa shape index (κ3) is 6.91. The number of esters is 2. The number of carbonyl (C=O) groups is 2. The first-order chi connectivity index (χ1) is 19.5. The van der Waals surface area contributed by atoms with Crippen LogP contribution in [0.1, 0.15) is 19.4 Å². The fourth-order valence-corrected chi connectivity index (χ4v) is 3.67. The summed E-state index contributed by atoms with van der Waals surface area (Å²) in [5, 5.41) is 0. The summed E-state index contributed by atoms with van der Waals surface area (Å²) in [6, 6.07) is 19.5. The molecule has 0 unspecified atom stereocenters. The number of benzene rings is 4. The molecule has 0 atom stereocenters. The molecule has 0 radical (unpaired) electrons. The van der Waals surface area contributed by atoms with Crippen LogP contribution in [0.25, 0.3) is 22.3 Å². The Labute approximate surface area is 235 Å². The van der Waals surface area contributed by atoms with Crippen LogP contribution >= 0.6 is 0 Å². The third-order valence-electron chi connectivity index (χ3n) is 5.95. The Kier molecular flexibility index (Phi) is 8.72. The largest absolute Gasteiger partial charge is 0.486 e. The van der Waals surface area contributed by atoms with Crippen molar-refractivity contribution in [3.05, 3.63) is 126 Å². The molecule has 4 aromatic carbocycles. The van der Waals surface area contributed by atoms with E-state index in [9.17, 15) is 22.8 Å². The molecule has 0 fully saturated rings. The minimum absolute atomic E-state index is 0.0245. The predicted octanol–water partition coefficient (Wildman–Crippen LogP) is 7.98. The molecular weight excluding hydrogens is 533 g/mol. The minimum atomic E-state index is -1.22. The molecule has 4 aromatic rings. The van der Waals surface area contributed by atoms with Crippen molar-refractivity contribution >= 4 is 11.9 Å². The number of hydrogen-bond acceptors (Lipinski definition) is 5. The Morgan fingerprint density at radius 3 is 1.68 bits per heavy atom. The lowest BCUT2D eigenvalue weighted by atomic mass is 10.0. The molecule has 0 aliphatic heterocycles. The van der Waals surface area contributed by atoms with Gasteiger partial charge in [-0.05, 0) is 73.0 Å². The van der Waals surface area contributed by atoms with E-state index in [1.54, 1.807) is 37.3 Å². The molecule has 41 heavy (non-hydrogen) atoms. The van der Waals surface area contributed by atoms with Gasteiger partial charge in [-0.2, -0.15) is 4.39 Å². The third-order valence-corrected chi connectivity index (χ3v) is 5.95. The maximum absolute atomic E-state index is 14.9. The summed E-state index contributed by atoms with van der Waals surface area (Å²) in [7, 11) is 0. The molecule has 0 aliphatic carbocycles. The summed E-state index contributed by atoms with van der Waals surface area (Å²) in [4.78, 5) is 23.3. The van der Waals surface area contributed by atoms with E-state index in [0.29, 0.717) is 22.4 Å². The summed E-state index contributed by atoms with van der Waals surface area (Å²) in [5.41, 5.74) is 2.20. The molecule has 0 bridgehead atoms. The number of ether oxygens (including phenoxy) is 3. The van der Waals surface area contributed by atoms with Gasteiger partial charge in [0.2, 0.25) is 5.82 Å². The quantitative estimate of drug-likeness (QED) is 0.118. The van der Waals surface area contributed by atoms with Crippen LogP contribution in [0.15, 0.2) is 103 Å². The van der Waals surface area contributed by atoms with Crippen molar-refractivity contribution < 1.29 is 37.0 Å². The molecule has 0 spiro atoms. The van der Waals surface area contributed by atoms with Crippen LogP contribution in [0.5, 0.6) is 17.2 Å². The van der Waals surface area contributed by atoms with Gasteiger partial charge in [0.1, 0.15) is 23.9 Å². The molecule has 0 aromatic heterocycles. The second-order valence-corrected chi connectivity index (χ2v) is 9.22. The number of hydrogen-bond donors (Lipinski definition) is 0. The summed E-state index contributed by atoms with van der Waals surface area (Å²) < 4.78 is 60.2. The second kappa shape index (κ2) is 12.4. The van der Waals surface area contributed by atoms with Crippen LogP contribution < -0.4 is 14.2 Å². The molecular formula is C33H25F3O5. The van der Waals surface area contributed by atoms with Gasteiger partial charge in [0, 0.05) is 22.3 Å². The molecule has 0 saturated heterocycles. The lowest BCUT2D eigenvalue weighted by molar-refractivity contribution is -0.130. The first-order valence-corrected chi connectivity index (χ1v) is 12.4. The molecule has 0 heterocycles. The average molecular weight is 559 g/mol. The van der Waals surface area contributed by atoms with Crippen molar-refractivity contribution in [1.29, 1.82) is 0 Å². The van der Waals surface area contributed by atoms with Gasteiger partial charge < -0.3 is 14.2 Å². The number of rotatable bonds is 9. The zero-order valence-corrected chi connectivity index (χ0v) is 22.3. The molecule has 5 nitrogen and oxygen atoms in total. The summed E-state index contributed by atoms with van der Waals surface area (Å²) in [6.45, 7) is 9.75. The molecule has 0 saturated carbocycles. The average Bonchev–Trinajstić information content (AvgIpc) is 2.95. The Bertz CT molecular complexity index is 1640. The Balaban J connectivity index is 1.43. The fraction of sp³-hybridized carbons (Fsp3) is 0.0909. The van der Waals surface area contributed by atoms with Gasteiger partial charge in [0.25, 0.3) is 0 Å². The molecule has 0 amide bonds. The maximum Gasteiger partial charge on any atom is 0.338 e. The highest BCUT2D eigenvalue weighted by atomic mass is 19.2. The summed E-state index contributed by atoms with van der Waals surface area (Å²) >= 11 is 0. The van der Waals surface area contributed by atoms with Crippen LogP contribution in [-0.4, -0.2) is 11.9 Å². The Morgan fingerprint density at radius 2 is 1.17 bits per heavy atom. The predicted molar refractivity (Wildman–Crippen MR) is 149 cm³/mol. The Morgan fingerprint density at radius 1 is 0.659 bits per heavy atom.